The summed E-state index contributed by atoms with van der Waals surface area (Å²) in [6, 6.07) is 18.8. The number of nitrogens with zero attached hydrogens (tertiary/aromatic N) is 3. The monoisotopic (exact) mass is 461 g/mol. The van der Waals surface area contributed by atoms with Gasteiger partial charge in [-0.3, -0.25) is 9.69 Å². The molecule has 1 amide bonds. The van der Waals surface area contributed by atoms with E-state index in [1.54, 1.807) is 7.11 Å². The smallest absolute Gasteiger partial charge is 0.230 e. The number of benzene rings is 2. The molecule has 3 unspecified atom stereocenters. The lowest BCUT2D eigenvalue weighted by Crippen LogP contribution is -2.47. The van der Waals surface area contributed by atoms with E-state index in [0.29, 0.717) is 5.91 Å². The molecule has 0 N–H and O–H groups in total. The van der Waals surface area contributed by atoms with Gasteiger partial charge in [0, 0.05) is 39.3 Å². The number of likely N-dealkylation sites (tertiary alicyclic amines) is 1. The van der Waals surface area contributed by atoms with Gasteiger partial charge in [0.05, 0.1) is 18.7 Å². The Morgan fingerprint density at radius 3 is 2.24 bits per heavy atom. The zero-order chi connectivity index (χ0) is 23.3. The Labute approximate surface area is 204 Å². The van der Waals surface area contributed by atoms with Crippen molar-refractivity contribution in [3.63, 3.8) is 0 Å². The van der Waals surface area contributed by atoms with Crippen molar-refractivity contribution in [2.45, 2.75) is 38.0 Å². The minimum Gasteiger partial charge on any atom is -0.495 e. The molecule has 0 aromatic heterocycles. The molecule has 3 aliphatic rings. The van der Waals surface area contributed by atoms with Crippen LogP contribution in [0, 0.1) is 11.8 Å². The maximum absolute atomic E-state index is 13.8. The molecule has 2 aliphatic heterocycles. The lowest BCUT2D eigenvalue weighted by molar-refractivity contribution is -0.132. The van der Waals surface area contributed by atoms with Crippen molar-refractivity contribution in [2.75, 3.05) is 57.8 Å². The Bertz CT molecular complexity index is 927. The minimum absolute atomic E-state index is 0.0337. The average molecular weight is 462 g/mol. The second-order valence-corrected chi connectivity index (χ2v) is 10.3. The predicted octanol–water partition coefficient (Wildman–Crippen LogP) is 4.64. The summed E-state index contributed by atoms with van der Waals surface area (Å²) in [7, 11) is 1.74. The number of carbonyl (C=O) groups is 1. The number of ether oxygens (including phenoxy) is 1. The van der Waals surface area contributed by atoms with Crippen LogP contribution in [0.5, 0.6) is 5.75 Å². The zero-order valence-electron chi connectivity index (χ0n) is 20.6. The molecule has 2 aromatic rings. The fraction of sp³-hybridized carbons (Fsp3) is 0.552. The highest BCUT2D eigenvalue weighted by Gasteiger charge is 2.38. The van der Waals surface area contributed by atoms with Crippen molar-refractivity contribution in [1.82, 2.24) is 9.80 Å². The average Bonchev–Trinajstić information content (AvgIpc) is 3.34. The molecule has 182 valence electrons. The number of anilines is 1. The number of hydrogen-bond donors (Lipinski definition) is 0. The number of methoxy groups -OCH3 is 1. The molecule has 5 heteroatoms. The van der Waals surface area contributed by atoms with Crippen molar-refractivity contribution in [1.29, 1.82) is 0 Å². The first-order chi connectivity index (χ1) is 16.7. The maximum atomic E-state index is 13.8. The minimum atomic E-state index is -0.0337. The van der Waals surface area contributed by atoms with E-state index in [1.807, 2.05) is 18.2 Å². The molecular formula is C29H39N3O2. The molecule has 5 rings (SSSR count). The van der Waals surface area contributed by atoms with Crippen LogP contribution in [0.2, 0.25) is 0 Å². The standard InChI is InChI=1S/C29H39N3O2/c1-34-28-14-8-7-13-27(28)31-19-17-30(18-20-31)16-15-26(23-9-3-2-4-10-23)29(33)32-21-24-11-5-6-12-25(24)22-32/h2-4,7-10,13-14,24-26H,5-6,11-12,15-22H2,1H3. The molecule has 5 nitrogen and oxygen atoms in total. The molecule has 2 saturated heterocycles. The first-order valence-corrected chi connectivity index (χ1v) is 13.2. The van der Waals surface area contributed by atoms with Gasteiger partial charge >= 0.3 is 0 Å². The van der Waals surface area contributed by atoms with Crippen LogP contribution in [0.15, 0.2) is 54.6 Å². The maximum Gasteiger partial charge on any atom is 0.230 e. The van der Waals surface area contributed by atoms with Gasteiger partial charge in [-0.1, -0.05) is 55.3 Å². The fourth-order valence-electron chi connectivity index (χ4n) is 6.34. The molecule has 2 aromatic carbocycles. The number of amides is 1. The van der Waals surface area contributed by atoms with Crippen molar-refractivity contribution in [3.05, 3.63) is 60.2 Å². The van der Waals surface area contributed by atoms with Gasteiger partial charge in [-0.2, -0.15) is 0 Å². The fourth-order valence-corrected chi connectivity index (χ4v) is 6.34. The number of rotatable bonds is 7. The van der Waals surface area contributed by atoms with Gasteiger partial charge in [-0.05, 0) is 55.3 Å². The second-order valence-electron chi connectivity index (χ2n) is 10.3. The number of fused-ring (bicyclic) bond motifs is 1. The Morgan fingerprint density at radius 2 is 1.56 bits per heavy atom. The van der Waals surface area contributed by atoms with E-state index in [2.05, 4.69) is 51.1 Å². The summed E-state index contributed by atoms with van der Waals surface area (Å²) in [5, 5.41) is 0. The van der Waals surface area contributed by atoms with Gasteiger partial charge in [-0.15, -0.1) is 0 Å². The summed E-state index contributed by atoms with van der Waals surface area (Å²) in [5.74, 6) is 2.73. The highest BCUT2D eigenvalue weighted by Crippen LogP contribution is 2.38. The SMILES string of the molecule is COc1ccccc1N1CCN(CCC(C(=O)N2CC3CCCCC3C2)c2ccccc2)CC1. The van der Waals surface area contributed by atoms with Crippen molar-refractivity contribution in [2.24, 2.45) is 11.8 Å². The largest absolute Gasteiger partial charge is 0.495 e. The topological polar surface area (TPSA) is 36.0 Å². The third-order valence-corrected chi connectivity index (χ3v) is 8.32. The molecule has 3 atom stereocenters. The van der Waals surface area contributed by atoms with Crippen molar-refractivity contribution < 1.29 is 9.53 Å². The van der Waals surface area contributed by atoms with Crippen LogP contribution < -0.4 is 9.64 Å². The van der Waals surface area contributed by atoms with Crippen LogP contribution in [-0.4, -0.2) is 68.6 Å². The van der Waals surface area contributed by atoms with Gasteiger partial charge < -0.3 is 14.5 Å². The summed E-state index contributed by atoms with van der Waals surface area (Å²) in [5.41, 5.74) is 2.35. The van der Waals surface area contributed by atoms with Crippen LogP contribution in [0.25, 0.3) is 0 Å². The third kappa shape index (κ3) is 5.10. The van der Waals surface area contributed by atoms with Gasteiger partial charge in [0.25, 0.3) is 0 Å². The predicted molar refractivity (Wildman–Crippen MR) is 137 cm³/mol. The summed E-state index contributed by atoms with van der Waals surface area (Å²) in [4.78, 5) is 20.9. The Kier molecular flexibility index (Phi) is 7.39. The van der Waals surface area contributed by atoms with Crippen LogP contribution in [0.1, 0.15) is 43.6 Å². The summed E-state index contributed by atoms with van der Waals surface area (Å²) in [6.07, 6.45) is 6.18. The molecular weight excluding hydrogens is 422 g/mol. The number of carbonyl (C=O) groups excluding carboxylic acids is 1. The lowest BCUT2D eigenvalue weighted by atomic mass is 9.82. The lowest BCUT2D eigenvalue weighted by Gasteiger charge is -2.37. The Morgan fingerprint density at radius 1 is 0.912 bits per heavy atom. The molecule has 3 fully saturated rings. The summed E-state index contributed by atoms with van der Waals surface area (Å²) in [6.45, 7) is 6.92. The molecule has 0 bridgehead atoms. The highest BCUT2D eigenvalue weighted by atomic mass is 16.5. The normalized spacial score (nSPS) is 24.0. The van der Waals surface area contributed by atoms with E-state index >= 15 is 0 Å². The number of piperazine rings is 1. The van der Waals surface area contributed by atoms with E-state index in [1.165, 1.54) is 36.9 Å². The summed E-state index contributed by atoms with van der Waals surface area (Å²) >= 11 is 0. The molecule has 1 saturated carbocycles. The number of para-hydroxylation sites is 2. The third-order valence-electron chi connectivity index (χ3n) is 8.32. The van der Waals surface area contributed by atoms with E-state index in [9.17, 15) is 4.79 Å². The van der Waals surface area contributed by atoms with Gasteiger partial charge in [0.2, 0.25) is 5.91 Å². The Hall–Kier alpha value is -2.53. The van der Waals surface area contributed by atoms with E-state index < -0.39 is 0 Å². The number of hydrogen-bond acceptors (Lipinski definition) is 4. The molecule has 0 radical (unpaired) electrons. The molecule has 1 aliphatic carbocycles. The quantitative estimate of drug-likeness (QED) is 0.602. The van der Waals surface area contributed by atoms with E-state index in [-0.39, 0.29) is 5.92 Å². The van der Waals surface area contributed by atoms with Crippen molar-refractivity contribution >= 4 is 11.6 Å². The summed E-state index contributed by atoms with van der Waals surface area (Å²) < 4.78 is 5.57. The second kappa shape index (κ2) is 10.8. The van der Waals surface area contributed by atoms with Crippen LogP contribution >= 0.6 is 0 Å². The first-order valence-electron chi connectivity index (χ1n) is 13.2. The van der Waals surface area contributed by atoms with Crippen LogP contribution in [-0.2, 0) is 4.79 Å². The highest BCUT2D eigenvalue weighted by molar-refractivity contribution is 5.84. The molecule has 0 spiro atoms. The van der Waals surface area contributed by atoms with Gasteiger partial charge in [0.15, 0.2) is 0 Å². The van der Waals surface area contributed by atoms with Gasteiger partial charge in [-0.25, -0.2) is 0 Å². The van der Waals surface area contributed by atoms with Crippen LogP contribution in [0.4, 0.5) is 5.69 Å². The van der Waals surface area contributed by atoms with E-state index in [4.69, 9.17) is 4.74 Å². The van der Waals surface area contributed by atoms with Crippen molar-refractivity contribution in [3.8, 4) is 5.75 Å². The van der Waals surface area contributed by atoms with Crippen LogP contribution in [0.3, 0.4) is 0 Å². The zero-order valence-corrected chi connectivity index (χ0v) is 20.6. The first kappa shape index (κ1) is 23.2. The molecule has 2 heterocycles. The Balaban J connectivity index is 1.20. The van der Waals surface area contributed by atoms with Gasteiger partial charge in [0.1, 0.15) is 5.75 Å². The van der Waals surface area contributed by atoms with E-state index in [0.717, 1.165) is 69.8 Å². The molecule has 34 heavy (non-hydrogen) atoms.